The zero-order valence-corrected chi connectivity index (χ0v) is 11.7. The molecule has 4 heteroatoms. The number of aliphatic hydroxyl groups excluding tert-OH is 1. The second kappa shape index (κ2) is 6.07. The van der Waals surface area contributed by atoms with Crippen molar-refractivity contribution in [2.45, 2.75) is 12.8 Å². The zero-order valence-electron chi connectivity index (χ0n) is 10.1. The molecule has 3 nitrogen and oxygen atoms in total. The normalized spacial score (nSPS) is 12.4. The first kappa shape index (κ1) is 13.2. The van der Waals surface area contributed by atoms with Crippen LogP contribution in [0, 0.1) is 6.92 Å². The van der Waals surface area contributed by atoms with Gasteiger partial charge in [0.2, 0.25) is 0 Å². The largest absolute Gasteiger partial charge is 0.493 e. The summed E-state index contributed by atoms with van der Waals surface area (Å²) in [6.07, 6.45) is 0. The van der Waals surface area contributed by atoms with Crippen molar-refractivity contribution < 1.29 is 14.3 Å². The molecule has 1 aromatic heterocycles. The first-order chi connectivity index (χ1) is 8.69. The highest BCUT2D eigenvalue weighted by molar-refractivity contribution is 9.10. The molecule has 18 heavy (non-hydrogen) atoms. The molecular weight excluding hydrogens is 296 g/mol. The first-order valence-corrected chi connectivity index (χ1v) is 6.54. The topological polar surface area (TPSA) is 42.6 Å². The highest BCUT2D eigenvalue weighted by Gasteiger charge is 2.15. The number of hydrogen-bond donors (Lipinski definition) is 1. The summed E-state index contributed by atoms with van der Waals surface area (Å²) >= 11 is 3.37. The molecule has 0 fully saturated rings. The Morgan fingerprint density at radius 3 is 2.50 bits per heavy atom. The molecule has 0 saturated carbocycles. The van der Waals surface area contributed by atoms with Crippen LogP contribution in [0.15, 0.2) is 45.3 Å². The van der Waals surface area contributed by atoms with Crippen LogP contribution in [0.5, 0.6) is 5.75 Å². The van der Waals surface area contributed by atoms with Crippen molar-refractivity contribution in [2.75, 3.05) is 13.2 Å². The van der Waals surface area contributed by atoms with Crippen molar-refractivity contribution in [1.29, 1.82) is 0 Å². The maximum atomic E-state index is 9.36. The zero-order chi connectivity index (χ0) is 13.0. The SMILES string of the molecule is Cc1ccc(C(CO)COc2ccc(Br)cc2)o1. The van der Waals surface area contributed by atoms with Crippen LogP contribution in [0.3, 0.4) is 0 Å². The summed E-state index contributed by atoms with van der Waals surface area (Å²) in [5.74, 6) is 2.24. The quantitative estimate of drug-likeness (QED) is 0.919. The average Bonchev–Trinajstić information content (AvgIpc) is 2.79. The number of aryl methyl sites for hydroxylation is 1. The van der Waals surface area contributed by atoms with Crippen molar-refractivity contribution in [3.8, 4) is 5.75 Å². The van der Waals surface area contributed by atoms with Gasteiger partial charge in [-0.3, -0.25) is 0 Å². The van der Waals surface area contributed by atoms with Crippen molar-refractivity contribution in [3.05, 3.63) is 52.4 Å². The number of rotatable bonds is 5. The van der Waals surface area contributed by atoms with E-state index in [1.165, 1.54) is 0 Å². The Hall–Kier alpha value is -1.26. The van der Waals surface area contributed by atoms with Crippen LogP contribution < -0.4 is 4.74 Å². The molecule has 0 aliphatic rings. The summed E-state index contributed by atoms with van der Waals surface area (Å²) in [6, 6.07) is 11.4. The summed E-state index contributed by atoms with van der Waals surface area (Å²) in [6.45, 7) is 2.28. The third kappa shape index (κ3) is 3.37. The van der Waals surface area contributed by atoms with Gasteiger partial charge in [0, 0.05) is 4.47 Å². The molecule has 1 heterocycles. The van der Waals surface area contributed by atoms with E-state index in [0.29, 0.717) is 6.61 Å². The summed E-state index contributed by atoms with van der Waals surface area (Å²) in [5, 5.41) is 9.36. The fraction of sp³-hybridized carbons (Fsp3) is 0.286. The van der Waals surface area contributed by atoms with Crippen LogP contribution in [0.25, 0.3) is 0 Å². The highest BCUT2D eigenvalue weighted by atomic mass is 79.9. The molecule has 96 valence electrons. The minimum atomic E-state index is -0.137. The third-order valence-electron chi connectivity index (χ3n) is 2.65. The van der Waals surface area contributed by atoms with Gasteiger partial charge < -0.3 is 14.3 Å². The van der Waals surface area contributed by atoms with Gasteiger partial charge in [-0.15, -0.1) is 0 Å². The summed E-state index contributed by atoms with van der Waals surface area (Å²) < 4.78 is 12.1. The Labute approximate surface area is 115 Å². The van der Waals surface area contributed by atoms with E-state index in [9.17, 15) is 5.11 Å². The van der Waals surface area contributed by atoms with Gasteiger partial charge in [0.1, 0.15) is 23.9 Å². The van der Waals surface area contributed by atoms with Gasteiger partial charge in [0.15, 0.2) is 0 Å². The average molecular weight is 311 g/mol. The van der Waals surface area contributed by atoms with Crippen molar-refractivity contribution >= 4 is 15.9 Å². The predicted octanol–water partition coefficient (Wildman–Crippen LogP) is 3.51. The molecule has 2 aromatic rings. The molecule has 1 aromatic carbocycles. The molecule has 1 atom stereocenters. The van der Waals surface area contributed by atoms with Crippen LogP contribution in [0.4, 0.5) is 0 Å². The molecule has 0 aliphatic carbocycles. The van der Waals surface area contributed by atoms with Crippen LogP contribution in [0.1, 0.15) is 17.4 Å². The number of ether oxygens (including phenoxy) is 1. The smallest absolute Gasteiger partial charge is 0.119 e. The van der Waals surface area contributed by atoms with E-state index < -0.39 is 0 Å². The minimum absolute atomic E-state index is 0.00345. The van der Waals surface area contributed by atoms with E-state index >= 15 is 0 Å². The van der Waals surface area contributed by atoms with E-state index in [-0.39, 0.29) is 12.5 Å². The number of aliphatic hydroxyl groups is 1. The molecule has 0 radical (unpaired) electrons. The Kier molecular flexibility index (Phi) is 4.44. The Bertz CT molecular complexity index is 490. The van der Waals surface area contributed by atoms with Crippen molar-refractivity contribution in [3.63, 3.8) is 0 Å². The van der Waals surface area contributed by atoms with E-state index in [0.717, 1.165) is 21.7 Å². The lowest BCUT2D eigenvalue weighted by Crippen LogP contribution is -2.13. The molecule has 0 aliphatic heterocycles. The van der Waals surface area contributed by atoms with E-state index in [1.807, 2.05) is 43.3 Å². The van der Waals surface area contributed by atoms with Gasteiger partial charge in [-0.2, -0.15) is 0 Å². The lowest BCUT2D eigenvalue weighted by molar-refractivity contribution is 0.189. The molecule has 0 amide bonds. The molecular formula is C14H15BrO3. The van der Waals surface area contributed by atoms with Gasteiger partial charge in [0.05, 0.1) is 12.5 Å². The van der Waals surface area contributed by atoms with Gasteiger partial charge in [-0.25, -0.2) is 0 Å². The number of hydrogen-bond acceptors (Lipinski definition) is 3. The molecule has 0 spiro atoms. The Balaban J connectivity index is 1.97. The fourth-order valence-electron chi connectivity index (χ4n) is 1.63. The summed E-state index contributed by atoms with van der Waals surface area (Å²) in [4.78, 5) is 0. The van der Waals surface area contributed by atoms with Gasteiger partial charge >= 0.3 is 0 Å². The highest BCUT2D eigenvalue weighted by Crippen LogP contribution is 2.21. The third-order valence-corrected chi connectivity index (χ3v) is 3.18. The second-order valence-corrected chi connectivity index (χ2v) is 5.01. The number of furan rings is 1. The molecule has 1 N–H and O–H groups in total. The van der Waals surface area contributed by atoms with Gasteiger partial charge in [-0.1, -0.05) is 15.9 Å². The van der Waals surface area contributed by atoms with Crippen molar-refractivity contribution in [1.82, 2.24) is 0 Å². The van der Waals surface area contributed by atoms with E-state index in [1.54, 1.807) is 0 Å². The second-order valence-electron chi connectivity index (χ2n) is 4.09. The Morgan fingerprint density at radius 1 is 1.22 bits per heavy atom. The Morgan fingerprint density at radius 2 is 1.94 bits per heavy atom. The number of benzene rings is 1. The number of halogens is 1. The lowest BCUT2D eigenvalue weighted by Gasteiger charge is -2.13. The fourth-order valence-corrected chi connectivity index (χ4v) is 1.89. The maximum absolute atomic E-state index is 9.36. The van der Waals surface area contributed by atoms with Crippen LogP contribution >= 0.6 is 15.9 Å². The summed E-state index contributed by atoms with van der Waals surface area (Å²) in [5.41, 5.74) is 0. The summed E-state index contributed by atoms with van der Waals surface area (Å²) in [7, 11) is 0. The van der Waals surface area contributed by atoms with Crippen LogP contribution in [-0.4, -0.2) is 18.3 Å². The van der Waals surface area contributed by atoms with Crippen LogP contribution in [-0.2, 0) is 0 Å². The first-order valence-electron chi connectivity index (χ1n) is 5.74. The van der Waals surface area contributed by atoms with Gasteiger partial charge in [0.25, 0.3) is 0 Å². The predicted molar refractivity (Wildman–Crippen MR) is 72.9 cm³/mol. The molecule has 2 rings (SSSR count). The monoisotopic (exact) mass is 310 g/mol. The maximum Gasteiger partial charge on any atom is 0.119 e. The molecule has 1 unspecified atom stereocenters. The molecule has 0 saturated heterocycles. The molecule has 0 bridgehead atoms. The van der Waals surface area contributed by atoms with E-state index in [2.05, 4.69) is 15.9 Å². The van der Waals surface area contributed by atoms with Crippen molar-refractivity contribution in [2.24, 2.45) is 0 Å². The van der Waals surface area contributed by atoms with Gasteiger partial charge in [-0.05, 0) is 43.3 Å². The lowest BCUT2D eigenvalue weighted by atomic mass is 10.1. The standard InChI is InChI=1S/C14H15BrO3/c1-10-2-7-14(18-10)11(8-16)9-17-13-5-3-12(15)4-6-13/h2-7,11,16H,8-9H2,1H3. The minimum Gasteiger partial charge on any atom is -0.493 e. The van der Waals surface area contributed by atoms with E-state index in [4.69, 9.17) is 9.15 Å². The van der Waals surface area contributed by atoms with Crippen LogP contribution in [0.2, 0.25) is 0 Å².